The van der Waals surface area contributed by atoms with Crippen LogP contribution in [0.3, 0.4) is 0 Å². The van der Waals surface area contributed by atoms with Gasteiger partial charge in [0.1, 0.15) is 0 Å². The van der Waals surface area contributed by atoms with E-state index in [4.69, 9.17) is 5.73 Å². The summed E-state index contributed by atoms with van der Waals surface area (Å²) >= 11 is 0. The fraction of sp³-hybridized carbons (Fsp3) is 0.588. The lowest BCUT2D eigenvalue weighted by atomic mass is 9.96. The molecule has 3 N–H and O–H groups in total. The van der Waals surface area contributed by atoms with E-state index in [-0.39, 0.29) is 28.9 Å². The molecule has 0 bridgehead atoms. The third kappa shape index (κ3) is 3.79. The predicted octanol–water partition coefficient (Wildman–Crippen LogP) is 1.47. The molecule has 1 saturated heterocycles. The first-order valence-corrected chi connectivity index (χ1v) is 10.1. The number of nitrogens with two attached hydrogens (primary N) is 1. The van der Waals surface area contributed by atoms with E-state index in [1.54, 1.807) is 12.1 Å². The zero-order valence-electron chi connectivity index (χ0n) is 13.9. The number of hydrogen-bond acceptors (Lipinski definition) is 4. The molecule has 2 atom stereocenters. The molecule has 24 heavy (non-hydrogen) atoms. The van der Waals surface area contributed by atoms with Crippen molar-refractivity contribution in [3.63, 3.8) is 0 Å². The molecular formula is C17H25N3O3S. The van der Waals surface area contributed by atoms with Gasteiger partial charge in [-0.05, 0) is 63.3 Å². The van der Waals surface area contributed by atoms with E-state index in [0.717, 1.165) is 32.1 Å². The largest absolute Gasteiger partial charge is 0.334 e. The molecule has 0 radical (unpaired) electrons. The van der Waals surface area contributed by atoms with E-state index >= 15 is 0 Å². The highest BCUT2D eigenvalue weighted by Gasteiger charge is 2.31. The van der Waals surface area contributed by atoms with Gasteiger partial charge in [0.05, 0.1) is 4.90 Å². The summed E-state index contributed by atoms with van der Waals surface area (Å²) in [6, 6.07) is 6.23. The normalized spacial score (nSPS) is 23.1. The number of carbonyl (C=O) groups excluding carboxylic acids is 1. The van der Waals surface area contributed by atoms with Crippen molar-refractivity contribution in [2.24, 2.45) is 5.73 Å². The molecule has 0 aromatic heterocycles. The van der Waals surface area contributed by atoms with E-state index in [2.05, 4.69) is 4.72 Å². The van der Waals surface area contributed by atoms with Gasteiger partial charge >= 0.3 is 0 Å². The molecule has 1 aromatic carbocycles. The van der Waals surface area contributed by atoms with Crippen LogP contribution in [0.1, 0.15) is 49.4 Å². The van der Waals surface area contributed by atoms with Gasteiger partial charge in [0.15, 0.2) is 0 Å². The number of sulfonamides is 1. The van der Waals surface area contributed by atoms with E-state index in [1.807, 2.05) is 11.8 Å². The lowest BCUT2D eigenvalue weighted by molar-refractivity contribution is 0.0583. The van der Waals surface area contributed by atoms with Gasteiger partial charge in [0, 0.05) is 30.2 Å². The second kappa shape index (κ2) is 6.82. The maximum absolute atomic E-state index is 12.8. The van der Waals surface area contributed by atoms with Crippen molar-refractivity contribution in [3.05, 3.63) is 29.8 Å². The van der Waals surface area contributed by atoms with Crippen molar-refractivity contribution in [1.29, 1.82) is 0 Å². The molecule has 6 nitrogen and oxygen atoms in total. The minimum absolute atomic E-state index is 0.0474. The summed E-state index contributed by atoms with van der Waals surface area (Å²) in [5.74, 6) is -0.0731. The number of hydrogen-bond donors (Lipinski definition) is 2. The van der Waals surface area contributed by atoms with Crippen molar-refractivity contribution in [2.75, 3.05) is 6.54 Å². The molecule has 2 unspecified atom stereocenters. The number of nitrogens with zero attached hydrogens (tertiary/aromatic N) is 1. The van der Waals surface area contributed by atoms with E-state index in [9.17, 15) is 13.2 Å². The van der Waals surface area contributed by atoms with Gasteiger partial charge in [-0.15, -0.1) is 0 Å². The molecule has 2 aliphatic rings. The number of amides is 1. The highest BCUT2D eigenvalue weighted by molar-refractivity contribution is 7.89. The first-order valence-electron chi connectivity index (χ1n) is 8.57. The Hall–Kier alpha value is -1.44. The van der Waals surface area contributed by atoms with Crippen molar-refractivity contribution in [2.45, 2.75) is 62.0 Å². The first-order chi connectivity index (χ1) is 11.4. The molecule has 1 amide bonds. The Labute approximate surface area is 143 Å². The Morgan fingerprint density at radius 3 is 2.46 bits per heavy atom. The van der Waals surface area contributed by atoms with E-state index in [1.165, 1.54) is 12.1 Å². The van der Waals surface area contributed by atoms with Gasteiger partial charge in [-0.3, -0.25) is 4.79 Å². The molecule has 0 spiro atoms. The fourth-order valence-electron chi connectivity index (χ4n) is 3.19. The minimum Gasteiger partial charge on any atom is -0.334 e. The van der Waals surface area contributed by atoms with Gasteiger partial charge in [-0.1, -0.05) is 0 Å². The van der Waals surface area contributed by atoms with E-state index in [0.29, 0.717) is 12.1 Å². The maximum Gasteiger partial charge on any atom is 0.254 e. The maximum atomic E-state index is 12.8. The van der Waals surface area contributed by atoms with Crippen LogP contribution in [0.15, 0.2) is 29.2 Å². The Kier molecular flexibility index (Phi) is 4.94. The summed E-state index contributed by atoms with van der Waals surface area (Å²) in [6.45, 7) is 2.63. The average Bonchev–Trinajstić information content (AvgIpc) is 3.37. The standard InChI is InChI=1S/C17H25N3O3S/c1-12(18)16-4-2-3-11-20(16)17(21)13-5-9-15(10-6-13)24(22,23)19-14-7-8-14/h5-6,9-10,12,14,16,19H,2-4,7-8,11,18H2,1H3. The number of rotatable bonds is 5. The molecule has 1 heterocycles. The molecular weight excluding hydrogens is 326 g/mol. The van der Waals surface area contributed by atoms with Crippen LogP contribution in [-0.4, -0.2) is 43.9 Å². The third-order valence-corrected chi connectivity index (χ3v) is 6.26. The molecule has 1 aromatic rings. The third-order valence-electron chi connectivity index (χ3n) is 4.73. The number of nitrogens with one attached hydrogen (secondary N) is 1. The molecule has 3 rings (SSSR count). The summed E-state index contributed by atoms with van der Waals surface area (Å²) in [6.07, 6.45) is 4.76. The molecule has 7 heteroatoms. The van der Waals surface area contributed by atoms with Crippen molar-refractivity contribution < 1.29 is 13.2 Å². The van der Waals surface area contributed by atoms with Gasteiger partial charge in [0.2, 0.25) is 10.0 Å². The highest BCUT2D eigenvalue weighted by atomic mass is 32.2. The van der Waals surface area contributed by atoms with Crippen LogP contribution >= 0.6 is 0 Å². The van der Waals surface area contributed by atoms with Gasteiger partial charge < -0.3 is 10.6 Å². The number of likely N-dealkylation sites (tertiary alicyclic amines) is 1. The fourth-order valence-corrected chi connectivity index (χ4v) is 4.49. The smallest absolute Gasteiger partial charge is 0.254 e. The number of piperidine rings is 1. The number of benzene rings is 1. The molecule has 1 saturated carbocycles. The first kappa shape index (κ1) is 17.4. The van der Waals surface area contributed by atoms with Crippen LogP contribution < -0.4 is 10.5 Å². The zero-order valence-corrected chi connectivity index (χ0v) is 14.8. The summed E-state index contributed by atoms with van der Waals surface area (Å²) in [4.78, 5) is 14.8. The lowest BCUT2D eigenvalue weighted by Gasteiger charge is -2.38. The number of carbonyl (C=O) groups is 1. The van der Waals surface area contributed by atoms with Crippen LogP contribution in [0.25, 0.3) is 0 Å². The Balaban J connectivity index is 1.75. The second-order valence-corrected chi connectivity index (χ2v) is 8.55. The molecule has 132 valence electrons. The van der Waals surface area contributed by atoms with Crippen molar-refractivity contribution >= 4 is 15.9 Å². The van der Waals surface area contributed by atoms with Crippen molar-refractivity contribution in [1.82, 2.24) is 9.62 Å². The van der Waals surface area contributed by atoms with E-state index < -0.39 is 10.0 Å². The van der Waals surface area contributed by atoms with Crippen LogP contribution in [0.5, 0.6) is 0 Å². The Morgan fingerprint density at radius 2 is 1.88 bits per heavy atom. The van der Waals surface area contributed by atoms with Gasteiger partial charge in [-0.2, -0.15) is 0 Å². The summed E-state index contributed by atoms with van der Waals surface area (Å²) in [5.41, 5.74) is 6.53. The second-order valence-electron chi connectivity index (χ2n) is 6.84. The highest BCUT2D eigenvalue weighted by Crippen LogP contribution is 2.24. The zero-order chi connectivity index (χ0) is 17.3. The lowest BCUT2D eigenvalue weighted by Crippen LogP contribution is -2.51. The van der Waals surface area contributed by atoms with Gasteiger partial charge in [0.25, 0.3) is 5.91 Å². The Bertz CT molecular complexity index is 696. The summed E-state index contributed by atoms with van der Waals surface area (Å²) in [5, 5.41) is 0. The van der Waals surface area contributed by atoms with Crippen LogP contribution in [0.2, 0.25) is 0 Å². The van der Waals surface area contributed by atoms with Crippen LogP contribution in [0.4, 0.5) is 0 Å². The SMILES string of the molecule is CC(N)C1CCCCN1C(=O)c1ccc(S(=O)(=O)NC2CC2)cc1. The molecule has 1 aliphatic carbocycles. The predicted molar refractivity (Wildman–Crippen MR) is 92.1 cm³/mol. The molecule has 1 aliphatic heterocycles. The molecule has 2 fully saturated rings. The van der Waals surface area contributed by atoms with Crippen molar-refractivity contribution in [3.8, 4) is 0 Å². The monoisotopic (exact) mass is 351 g/mol. The van der Waals surface area contributed by atoms with Crippen LogP contribution in [-0.2, 0) is 10.0 Å². The summed E-state index contributed by atoms with van der Waals surface area (Å²) in [7, 11) is -3.48. The van der Waals surface area contributed by atoms with Gasteiger partial charge in [-0.25, -0.2) is 13.1 Å². The topological polar surface area (TPSA) is 92.5 Å². The average molecular weight is 351 g/mol. The summed E-state index contributed by atoms with van der Waals surface area (Å²) < 4.78 is 27.0. The quantitative estimate of drug-likeness (QED) is 0.840. The Morgan fingerprint density at radius 1 is 1.21 bits per heavy atom. The minimum atomic E-state index is -3.48. The van der Waals surface area contributed by atoms with Crippen LogP contribution in [0, 0.1) is 0 Å².